The average Bonchev–Trinajstić information content (AvgIpc) is 2.49. The molecule has 0 bridgehead atoms. The number of carbonyl (C=O) groups is 1. The van der Waals surface area contributed by atoms with E-state index in [-0.39, 0.29) is 11.9 Å². The zero-order chi connectivity index (χ0) is 16.5. The van der Waals surface area contributed by atoms with Crippen molar-refractivity contribution in [3.8, 4) is 0 Å². The van der Waals surface area contributed by atoms with Crippen molar-refractivity contribution in [3.63, 3.8) is 0 Å². The van der Waals surface area contributed by atoms with Crippen molar-refractivity contribution in [2.75, 3.05) is 0 Å². The minimum absolute atomic E-state index is 0.00607. The molecule has 4 heteroatoms. The van der Waals surface area contributed by atoms with E-state index >= 15 is 0 Å². The molecule has 1 atom stereocenters. The predicted octanol–water partition coefficient (Wildman–Crippen LogP) is 5.85. The summed E-state index contributed by atoms with van der Waals surface area (Å²) in [5.41, 5.74) is 0. The predicted molar refractivity (Wildman–Crippen MR) is 89.6 cm³/mol. The molecule has 0 saturated carbocycles. The van der Waals surface area contributed by atoms with Crippen LogP contribution in [0.15, 0.2) is 0 Å². The highest BCUT2D eigenvalue weighted by Crippen LogP contribution is 2.16. The van der Waals surface area contributed by atoms with E-state index in [1.165, 1.54) is 38.5 Å². The maximum absolute atomic E-state index is 10.8. The molecule has 0 radical (unpaired) electrons. The van der Waals surface area contributed by atoms with Crippen molar-refractivity contribution >= 4 is 5.78 Å². The van der Waals surface area contributed by atoms with Gasteiger partial charge in [-0.05, 0) is 26.2 Å². The lowest BCUT2D eigenvalue weighted by Gasteiger charge is -2.14. The Labute approximate surface area is 136 Å². The van der Waals surface area contributed by atoms with Gasteiger partial charge in [-0.1, -0.05) is 76.2 Å². The minimum Gasteiger partial charge on any atom is -0.300 e. The third-order valence-corrected chi connectivity index (χ3v) is 4.11. The zero-order valence-corrected chi connectivity index (χ0v) is 14.6. The molecule has 0 aliphatic rings. The van der Waals surface area contributed by atoms with Gasteiger partial charge in [0.25, 0.3) is 0 Å². The summed E-state index contributed by atoms with van der Waals surface area (Å²) in [4.78, 5) is 15.8. The van der Waals surface area contributed by atoms with E-state index in [4.69, 9.17) is 10.1 Å². The molecular formula is C18H36O4. The fraction of sp³-hybridized carbons (Fsp3) is 0.944. The Balaban J connectivity index is 3.50. The number of hydrogen-bond acceptors (Lipinski definition) is 4. The molecule has 0 spiro atoms. The second-order valence-electron chi connectivity index (χ2n) is 6.36. The van der Waals surface area contributed by atoms with Gasteiger partial charge in [-0.3, -0.25) is 0 Å². The van der Waals surface area contributed by atoms with Gasteiger partial charge in [0, 0.05) is 6.42 Å². The summed E-state index contributed by atoms with van der Waals surface area (Å²) in [6.07, 6.45) is 15.7. The van der Waals surface area contributed by atoms with Crippen molar-refractivity contribution in [2.45, 2.75) is 110 Å². The molecule has 0 saturated heterocycles. The summed E-state index contributed by atoms with van der Waals surface area (Å²) in [7, 11) is 0. The Kier molecular flexibility index (Phi) is 16.6. The summed E-state index contributed by atoms with van der Waals surface area (Å²) in [5.74, 6) is 0.272. The molecule has 0 heterocycles. The van der Waals surface area contributed by atoms with Crippen molar-refractivity contribution in [3.05, 3.63) is 0 Å². The normalized spacial score (nSPS) is 12.5. The van der Waals surface area contributed by atoms with E-state index in [0.717, 1.165) is 44.9 Å². The third-order valence-electron chi connectivity index (χ3n) is 4.11. The third kappa shape index (κ3) is 15.9. The van der Waals surface area contributed by atoms with Crippen molar-refractivity contribution in [1.29, 1.82) is 0 Å². The van der Waals surface area contributed by atoms with E-state index in [1.807, 2.05) is 0 Å². The van der Waals surface area contributed by atoms with Gasteiger partial charge < -0.3 is 4.79 Å². The van der Waals surface area contributed by atoms with E-state index in [9.17, 15) is 4.79 Å². The van der Waals surface area contributed by atoms with Gasteiger partial charge >= 0.3 is 0 Å². The molecule has 0 aromatic heterocycles. The number of Topliss-reactive ketones (excluding diaryl/α,β-unsaturated/α-hetero) is 1. The first-order valence-corrected chi connectivity index (χ1v) is 9.17. The lowest BCUT2D eigenvalue weighted by molar-refractivity contribution is -0.507. The summed E-state index contributed by atoms with van der Waals surface area (Å²) in [6.45, 7) is 3.88. The van der Waals surface area contributed by atoms with E-state index in [2.05, 4.69) is 12.0 Å². The minimum atomic E-state index is -0.00607. The van der Waals surface area contributed by atoms with Crippen LogP contribution < -0.4 is 0 Å². The molecule has 0 amide bonds. The van der Waals surface area contributed by atoms with Crippen LogP contribution in [0.25, 0.3) is 0 Å². The second-order valence-corrected chi connectivity index (χ2v) is 6.36. The molecule has 22 heavy (non-hydrogen) atoms. The lowest BCUT2D eigenvalue weighted by Crippen LogP contribution is -2.12. The van der Waals surface area contributed by atoms with Crippen LogP contribution in [0, 0.1) is 0 Å². The summed E-state index contributed by atoms with van der Waals surface area (Å²) >= 11 is 0. The topological polar surface area (TPSA) is 55.8 Å². The highest BCUT2D eigenvalue weighted by Gasteiger charge is 2.10. The maximum Gasteiger partial charge on any atom is 0.129 e. The highest BCUT2D eigenvalue weighted by atomic mass is 17.5. The van der Waals surface area contributed by atoms with Gasteiger partial charge in [0.2, 0.25) is 0 Å². The van der Waals surface area contributed by atoms with Crippen LogP contribution in [0.4, 0.5) is 0 Å². The smallest absolute Gasteiger partial charge is 0.129 e. The number of ketones is 1. The largest absolute Gasteiger partial charge is 0.300 e. The number of carbonyl (C=O) groups excluding carboxylic acids is 1. The molecule has 0 fully saturated rings. The van der Waals surface area contributed by atoms with E-state index in [1.54, 1.807) is 6.92 Å². The number of rotatable bonds is 17. The van der Waals surface area contributed by atoms with Crippen LogP contribution in [-0.4, -0.2) is 17.1 Å². The fourth-order valence-electron chi connectivity index (χ4n) is 2.73. The molecule has 0 aromatic rings. The maximum atomic E-state index is 10.8. The van der Waals surface area contributed by atoms with Crippen LogP contribution >= 0.6 is 0 Å². The van der Waals surface area contributed by atoms with Crippen molar-refractivity contribution in [2.24, 2.45) is 0 Å². The first kappa shape index (κ1) is 21.6. The summed E-state index contributed by atoms with van der Waals surface area (Å²) in [6, 6.07) is 0. The Bertz CT molecular complexity index is 243. The van der Waals surface area contributed by atoms with Gasteiger partial charge in [0.1, 0.15) is 5.78 Å². The molecule has 4 nitrogen and oxygen atoms in total. The van der Waals surface area contributed by atoms with Gasteiger partial charge in [-0.25, -0.2) is 10.1 Å². The molecule has 0 aliphatic heterocycles. The van der Waals surface area contributed by atoms with Gasteiger partial charge in [-0.15, -0.1) is 0 Å². The van der Waals surface area contributed by atoms with Crippen molar-refractivity contribution < 1.29 is 20.0 Å². The Morgan fingerprint density at radius 3 is 1.86 bits per heavy atom. The molecule has 0 aliphatic carbocycles. The SMILES string of the molecule is CCCCCCCCCC(CCCCCCC(C)=O)OOO. The quantitative estimate of drug-likeness (QED) is 0.208. The molecule has 0 rings (SSSR count). The molecule has 1 N–H and O–H groups in total. The van der Waals surface area contributed by atoms with Crippen LogP contribution in [0.3, 0.4) is 0 Å². The average molecular weight is 316 g/mol. The number of hydrogen-bond donors (Lipinski definition) is 1. The molecule has 132 valence electrons. The first-order chi connectivity index (χ1) is 10.7. The number of unbranched alkanes of at least 4 members (excludes halogenated alkanes) is 9. The summed E-state index contributed by atoms with van der Waals surface area (Å²) < 4.78 is 0. The Morgan fingerprint density at radius 2 is 1.36 bits per heavy atom. The van der Waals surface area contributed by atoms with Gasteiger partial charge in [-0.2, -0.15) is 0 Å². The van der Waals surface area contributed by atoms with Crippen LogP contribution in [0.1, 0.15) is 104 Å². The van der Waals surface area contributed by atoms with E-state index in [0.29, 0.717) is 6.42 Å². The van der Waals surface area contributed by atoms with Crippen LogP contribution in [0.5, 0.6) is 0 Å². The monoisotopic (exact) mass is 316 g/mol. The first-order valence-electron chi connectivity index (χ1n) is 9.17. The lowest BCUT2D eigenvalue weighted by atomic mass is 10.0. The highest BCUT2D eigenvalue weighted by molar-refractivity contribution is 5.75. The van der Waals surface area contributed by atoms with Crippen LogP contribution in [0.2, 0.25) is 0 Å². The molecule has 0 aromatic carbocycles. The van der Waals surface area contributed by atoms with Gasteiger partial charge in [0.15, 0.2) is 0 Å². The Morgan fingerprint density at radius 1 is 0.864 bits per heavy atom. The molecular weight excluding hydrogens is 280 g/mol. The van der Waals surface area contributed by atoms with E-state index < -0.39 is 0 Å². The Hall–Kier alpha value is -0.450. The fourth-order valence-corrected chi connectivity index (χ4v) is 2.73. The van der Waals surface area contributed by atoms with Crippen molar-refractivity contribution in [1.82, 2.24) is 0 Å². The second kappa shape index (κ2) is 16.9. The van der Waals surface area contributed by atoms with Crippen LogP contribution in [-0.2, 0) is 14.7 Å². The molecule has 1 unspecified atom stereocenters. The summed E-state index contributed by atoms with van der Waals surface area (Å²) in [5, 5.41) is 12.4. The standard InChI is InChI=1S/C18H36O4/c1-3-4-5-6-7-8-12-15-18(21-22-20)16-13-10-9-11-14-17(2)19/h18,20H,3-16H2,1-2H3. The van der Waals surface area contributed by atoms with Gasteiger partial charge in [0.05, 0.1) is 6.10 Å². The zero-order valence-electron chi connectivity index (χ0n) is 14.6.